The molecule has 1 aromatic carbocycles. The van der Waals surface area contributed by atoms with Gasteiger partial charge in [-0.25, -0.2) is 4.58 Å². The molecule has 0 aliphatic carbocycles. The van der Waals surface area contributed by atoms with E-state index in [0.717, 1.165) is 18.5 Å². The van der Waals surface area contributed by atoms with E-state index < -0.39 is 0 Å². The van der Waals surface area contributed by atoms with E-state index in [0.29, 0.717) is 5.76 Å². The minimum absolute atomic E-state index is 0.341. The molecule has 1 aromatic rings. The first-order valence-electron chi connectivity index (χ1n) is 5.41. The zero-order chi connectivity index (χ0) is 10.5. The van der Waals surface area contributed by atoms with Crippen LogP contribution in [0.1, 0.15) is 24.8 Å². The topological polar surface area (TPSA) is 23.2 Å². The monoisotopic (exact) mass is 202 g/mol. The predicted molar refractivity (Wildman–Crippen MR) is 62.1 cm³/mol. The SMILES string of the molecule is O/C(=C\[N+]1=CCCCC1)c1ccccc1. The van der Waals surface area contributed by atoms with Crippen molar-refractivity contribution in [2.45, 2.75) is 19.3 Å². The first kappa shape index (κ1) is 9.97. The van der Waals surface area contributed by atoms with Crippen LogP contribution >= 0.6 is 0 Å². The van der Waals surface area contributed by atoms with Gasteiger partial charge in [-0.3, -0.25) is 0 Å². The van der Waals surface area contributed by atoms with Gasteiger partial charge in [-0.05, 0) is 6.42 Å². The lowest BCUT2D eigenvalue weighted by molar-refractivity contribution is -0.457. The van der Waals surface area contributed by atoms with Crippen molar-refractivity contribution < 1.29 is 9.68 Å². The average Bonchev–Trinajstić information content (AvgIpc) is 2.31. The molecule has 1 aliphatic rings. The first-order chi connectivity index (χ1) is 7.36. The Bertz CT molecular complexity index is 379. The second kappa shape index (κ2) is 4.78. The fourth-order valence-corrected chi connectivity index (χ4v) is 1.74. The molecule has 1 aliphatic heterocycles. The summed E-state index contributed by atoms with van der Waals surface area (Å²) in [6.07, 6.45) is 7.53. The molecule has 0 aromatic heterocycles. The molecule has 0 saturated heterocycles. The average molecular weight is 202 g/mol. The zero-order valence-corrected chi connectivity index (χ0v) is 8.76. The fraction of sp³-hybridized carbons (Fsp3) is 0.308. The molecule has 0 bridgehead atoms. The van der Waals surface area contributed by atoms with E-state index in [4.69, 9.17) is 0 Å². The van der Waals surface area contributed by atoms with E-state index in [9.17, 15) is 5.11 Å². The molecule has 0 atom stereocenters. The predicted octanol–water partition coefficient (Wildman–Crippen LogP) is 2.81. The molecule has 2 rings (SSSR count). The lowest BCUT2D eigenvalue weighted by Gasteiger charge is -2.04. The lowest BCUT2D eigenvalue weighted by Crippen LogP contribution is -2.13. The van der Waals surface area contributed by atoms with Crippen LogP contribution < -0.4 is 0 Å². The Morgan fingerprint density at radius 3 is 2.67 bits per heavy atom. The molecule has 0 fully saturated rings. The van der Waals surface area contributed by atoms with E-state index in [1.54, 1.807) is 0 Å². The van der Waals surface area contributed by atoms with Gasteiger partial charge in [0, 0.05) is 18.4 Å². The number of nitrogens with zero attached hydrogens (tertiary/aromatic N) is 1. The summed E-state index contributed by atoms with van der Waals surface area (Å²) in [6.45, 7) is 1.01. The Kier molecular flexibility index (Phi) is 3.18. The molecule has 2 nitrogen and oxygen atoms in total. The quantitative estimate of drug-likeness (QED) is 0.578. The van der Waals surface area contributed by atoms with E-state index in [-0.39, 0.29) is 0 Å². The molecule has 0 radical (unpaired) electrons. The number of benzene rings is 1. The van der Waals surface area contributed by atoms with Crippen LogP contribution in [0.25, 0.3) is 5.76 Å². The van der Waals surface area contributed by atoms with Crippen LogP contribution in [0, 0.1) is 0 Å². The Hall–Kier alpha value is -1.57. The molecule has 1 heterocycles. The van der Waals surface area contributed by atoms with Crippen LogP contribution in [0.4, 0.5) is 0 Å². The maximum absolute atomic E-state index is 9.87. The summed E-state index contributed by atoms with van der Waals surface area (Å²) in [5.74, 6) is 0.341. The zero-order valence-electron chi connectivity index (χ0n) is 8.76. The Morgan fingerprint density at radius 1 is 1.20 bits per heavy atom. The Morgan fingerprint density at radius 2 is 2.00 bits per heavy atom. The van der Waals surface area contributed by atoms with Crippen molar-refractivity contribution in [2.24, 2.45) is 0 Å². The molecule has 0 amide bonds. The number of rotatable bonds is 2. The van der Waals surface area contributed by atoms with Crippen LogP contribution in [-0.4, -0.2) is 22.4 Å². The second-order valence-electron chi connectivity index (χ2n) is 3.80. The molecule has 15 heavy (non-hydrogen) atoms. The minimum atomic E-state index is 0.341. The largest absolute Gasteiger partial charge is 0.502 e. The van der Waals surface area contributed by atoms with Gasteiger partial charge in [0.2, 0.25) is 6.20 Å². The molecule has 2 heteroatoms. The summed E-state index contributed by atoms with van der Waals surface area (Å²) in [6, 6.07) is 9.63. The van der Waals surface area contributed by atoms with Crippen molar-refractivity contribution in [3.63, 3.8) is 0 Å². The smallest absolute Gasteiger partial charge is 0.211 e. The van der Waals surface area contributed by atoms with E-state index in [1.807, 2.05) is 36.5 Å². The summed E-state index contributed by atoms with van der Waals surface area (Å²) in [5.41, 5.74) is 0.872. The van der Waals surface area contributed by atoms with Gasteiger partial charge < -0.3 is 5.11 Å². The molecule has 1 N–H and O–H groups in total. The highest BCUT2D eigenvalue weighted by Gasteiger charge is 2.09. The molecular weight excluding hydrogens is 186 g/mol. The highest BCUT2D eigenvalue weighted by molar-refractivity contribution is 5.58. The fourth-order valence-electron chi connectivity index (χ4n) is 1.74. The van der Waals surface area contributed by atoms with Gasteiger partial charge in [-0.2, -0.15) is 0 Å². The van der Waals surface area contributed by atoms with Crippen LogP contribution in [-0.2, 0) is 0 Å². The van der Waals surface area contributed by atoms with Gasteiger partial charge in [0.15, 0.2) is 5.76 Å². The van der Waals surface area contributed by atoms with Crippen molar-refractivity contribution in [3.05, 3.63) is 42.1 Å². The van der Waals surface area contributed by atoms with Crippen molar-refractivity contribution in [2.75, 3.05) is 6.54 Å². The highest BCUT2D eigenvalue weighted by Crippen LogP contribution is 2.11. The summed E-state index contributed by atoms with van der Waals surface area (Å²) in [5, 5.41) is 9.87. The van der Waals surface area contributed by atoms with E-state index in [1.165, 1.54) is 12.8 Å². The van der Waals surface area contributed by atoms with Crippen LogP contribution in [0.2, 0.25) is 0 Å². The maximum Gasteiger partial charge on any atom is 0.211 e. The Labute approximate surface area is 90.2 Å². The molecule has 78 valence electrons. The molecule has 0 saturated carbocycles. The second-order valence-corrected chi connectivity index (χ2v) is 3.80. The highest BCUT2D eigenvalue weighted by atomic mass is 16.3. The third-order valence-electron chi connectivity index (χ3n) is 2.59. The number of aliphatic hydroxyl groups excluding tert-OH is 1. The normalized spacial score (nSPS) is 17.3. The van der Waals surface area contributed by atoms with Gasteiger partial charge in [0.05, 0.1) is 0 Å². The van der Waals surface area contributed by atoms with Crippen LogP contribution in [0.15, 0.2) is 36.5 Å². The summed E-state index contributed by atoms with van der Waals surface area (Å²) >= 11 is 0. The minimum Gasteiger partial charge on any atom is -0.502 e. The van der Waals surface area contributed by atoms with Gasteiger partial charge in [-0.1, -0.05) is 30.3 Å². The summed E-state index contributed by atoms with van der Waals surface area (Å²) < 4.78 is 2.08. The van der Waals surface area contributed by atoms with E-state index >= 15 is 0 Å². The van der Waals surface area contributed by atoms with Crippen molar-refractivity contribution in [3.8, 4) is 0 Å². The first-order valence-corrected chi connectivity index (χ1v) is 5.41. The third kappa shape index (κ3) is 2.69. The number of hydrogen-bond acceptors (Lipinski definition) is 1. The molecular formula is C13H16NO+. The molecule has 0 spiro atoms. The number of hydrogen-bond donors (Lipinski definition) is 1. The van der Waals surface area contributed by atoms with Gasteiger partial charge in [-0.15, -0.1) is 0 Å². The van der Waals surface area contributed by atoms with Crippen LogP contribution in [0.3, 0.4) is 0 Å². The summed E-state index contributed by atoms with van der Waals surface area (Å²) in [4.78, 5) is 0. The standard InChI is InChI=1S/C13H15NO/c15-13(12-7-3-1-4-8-12)11-14-9-5-2-6-10-14/h1,3-4,7-9,11H,2,5-6,10H2/p+1/b13-11-. The van der Waals surface area contributed by atoms with Gasteiger partial charge >= 0.3 is 0 Å². The van der Waals surface area contributed by atoms with Crippen LogP contribution in [0.5, 0.6) is 0 Å². The van der Waals surface area contributed by atoms with Gasteiger partial charge in [0.25, 0.3) is 0 Å². The van der Waals surface area contributed by atoms with Crippen molar-refractivity contribution in [1.82, 2.24) is 0 Å². The van der Waals surface area contributed by atoms with Crippen molar-refractivity contribution in [1.29, 1.82) is 0 Å². The maximum atomic E-state index is 9.87. The Balaban J connectivity index is 2.16. The lowest BCUT2D eigenvalue weighted by atomic mass is 10.2. The number of aliphatic hydroxyl groups is 1. The van der Waals surface area contributed by atoms with Gasteiger partial charge in [0.1, 0.15) is 12.8 Å². The molecule has 0 unspecified atom stereocenters. The van der Waals surface area contributed by atoms with E-state index in [2.05, 4.69) is 10.8 Å². The van der Waals surface area contributed by atoms with Crippen molar-refractivity contribution >= 4 is 12.0 Å². The summed E-state index contributed by atoms with van der Waals surface area (Å²) in [7, 11) is 0. The third-order valence-corrected chi connectivity index (χ3v) is 2.59.